The molecule has 0 atom stereocenters. The van der Waals surface area contributed by atoms with E-state index < -0.39 is 0 Å². The predicted molar refractivity (Wildman–Crippen MR) is 176 cm³/mol. The van der Waals surface area contributed by atoms with Gasteiger partial charge in [-0.25, -0.2) is 0 Å². The normalized spacial score (nSPS) is 18.2. The average molecular weight is 701 g/mol. The Morgan fingerprint density at radius 2 is 1.75 bits per heavy atom. The molecule has 3 aliphatic rings. The molecule has 0 unspecified atom stereocenters. The van der Waals surface area contributed by atoms with E-state index in [9.17, 15) is 9.59 Å². The minimum Gasteiger partial charge on any atom is -0.369 e. The van der Waals surface area contributed by atoms with Gasteiger partial charge < -0.3 is 10.6 Å². The van der Waals surface area contributed by atoms with Gasteiger partial charge in [0, 0.05) is 47.6 Å². The van der Waals surface area contributed by atoms with E-state index in [2.05, 4.69) is 60.8 Å². The number of primary amides is 1. The lowest BCUT2D eigenvalue weighted by molar-refractivity contribution is -0.133. The summed E-state index contributed by atoms with van der Waals surface area (Å²) >= 11 is 13.3. The van der Waals surface area contributed by atoms with Crippen LogP contribution in [0.4, 0.5) is 0 Å². The number of carbonyl (C=O) groups excluding carboxylic acids is 2. The number of alkyl halides is 1. The van der Waals surface area contributed by atoms with E-state index in [0.717, 1.165) is 79.5 Å². The number of aryl methyl sites for hydroxylation is 1. The average Bonchev–Trinajstić information content (AvgIpc) is 3.10. The van der Waals surface area contributed by atoms with Crippen molar-refractivity contribution in [1.29, 1.82) is 0 Å². The van der Waals surface area contributed by atoms with Gasteiger partial charge in [0.25, 0.3) is 0 Å². The maximum absolute atomic E-state index is 13.0. The van der Waals surface area contributed by atoms with Crippen molar-refractivity contribution in [3.8, 4) is 0 Å². The molecule has 222 valence electrons. The van der Waals surface area contributed by atoms with Crippen molar-refractivity contribution in [3.05, 3.63) is 50.0 Å². The molecule has 9 heteroatoms. The molecule has 6 nitrogen and oxygen atoms in total. The Kier molecular flexibility index (Phi) is 15.7. The number of aliphatic imine (C=N–C) groups is 1. The molecule has 0 saturated carbocycles. The van der Waals surface area contributed by atoms with Crippen molar-refractivity contribution < 1.29 is 9.59 Å². The van der Waals surface area contributed by atoms with Gasteiger partial charge in [0.15, 0.2) is 0 Å². The van der Waals surface area contributed by atoms with Gasteiger partial charge >= 0.3 is 0 Å². The Hall–Kier alpha value is -1.48. The lowest BCUT2D eigenvalue weighted by atomic mass is 9.89. The number of halogens is 3. The maximum Gasteiger partial charge on any atom is 0.231 e. The first-order valence-electron chi connectivity index (χ1n) is 14.3. The van der Waals surface area contributed by atoms with E-state index in [-0.39, 0.29) is 11.8 Å². The molecule has 0 aromatic heterocycles. The molecule has 2 aliphatic heterocycles. The molecule has 2 saturated heterocycles. The van der Waals surface area contributed by atoms with Crippen LogP contribution in [0.25, 0.3) is 5.57 Å². The molecule has 2 N–H and O–H groups in total. The second-order valence-electron chi connectivity index (χ2n) is 10.3. The summed E-state index contributed by atoms with van der Waals surface area (Å²) in [6.45, 7) is 9.79. The maximum atomic E-state index is 13.0. The van der Waals surface area contributed by atoms with Crippen LogP contribution in [0.15, 0.2) is 38.8 Å². The second kappa shape index (κ2) is 18.1. The molecule has 2 fully saturated rings. The number of nitrogens with zero attached hydrogens (tertiary/aromatic N) is 3. The summed E-state index contributed by atoms with van der Waals surface area (Å²) in [6, 6.07) is 4.09. The van der Waals surface area contributed by atoms with Gasteiger partial charge in [-0.05, 0) is 93.3 Å². The minimum atomic E-state index is -0.278. The Balaban J connectivity index is 0.000000722. The number of fused-ring (bicyclic) bond motifs is 1. The number of piperidine rings is 2. The Morgan fingerprint density at radius 1 is 1.10 bits per heavy atom. The number of hydrogen-bond acceptors (Lipinski definition) is 4. The number of allylic oxidation sites excluding steroid dienone is 3. The van der Waals surface area contributed by atoms with Gasteiger partial charge in [-0.2, -0.15) is 0 Å². The van der Waals surface area contributed by atoms with Crippen LogP contribution < -0.4 is 5.73 Å². The number of amides is 2. The third-order valence-electron chi connectivity index (χ3n) is 7.49. The largest absolute Gasteiger partial charge is 0.369 e. The molecule has 2 amide bonds. The second-order valence-corrected chi connectivity index (χ2v) is 12.2. The highest BCUT2D eigenvalue weighted by molar-refractivity contribution is 9.10. The highest BCUT2D eigenvalue weighted by Gasteiger charge is 2.27. The molecule has 1 aromatic rings. The molecule has 0 bridgehead atoms. The van der Waals surface area contributed by atoms with Gasteiger partial charge in [0.1, 0.15) is 0 Å². The van der Waals surface area contributed by atoms with Gasteiger partial charge in [-0.3, -0.25) is 19.5 Å². The zero-order valence-corrected chi connectivity index (χ0v) is 28.4. The number of benzene rings is 1. The fraction of sp³-hybridized carbons (Fsp3) is 0.581. The van der Waals surface area contributed by atoms with E-state index in [4.69, 9.17) is 17.3 Å². The van der Waals surface area contributed by atoms with Gasteiger partial charge in [0.05, 0.1) is 6.54 Å². The first kappa shape index (κ1) is 34.7. The molecule has 4 rings (SSSR count). The van der Waals surface area contributed by atoms with E-state index in [0.29, 0.717) is 18.9 Å². The summed E-state index contributed by atoms with van der Waals surface area (Å²) in [5.74, 6) is 0.397. The standard InChI is InChI=1S/C26H33BrClN3O2.C3H6BrN.C2H6/c1-17-2-3-20-14-21(28)15-23(27)26(20)22(12-17)19-6-10-31(11-7-19)25(33)13-18-4-8-30(9-5-18)16-24(29)32;1-5-3-2-4;1-2/h12,14-15,18H,2-11,13,16H2,1H3,(H2,29,32);3H,2H2,1H3;1-2H3. The smallest absolute Gasteiger partial charge is 0.231 e. The predicted octanol–water partition coefficient (Wildman–Crippen LogP) is 7.07. The fourth-order valence-corrected chi connectivity index (χ4v) is 6.81. The van der Waals surface area contributed by atoms with Crippen molar-refractivity contribution in [2.24, 2.45) is 16.6 Å². The van der Waals surface area contributed by atoms with Crippen molar-refractivity contribution in [2.75, 3.05) is 45.1 Å². The number of hydrogen-bond donors (Lipinski definition) is 1. The summed E-state index contributed by atoms with van der Waals surface area (Å²) in [4.78, 5) is 31.9. The topological polar surface area (TPSA) is 79.0 Å². The van der Waals surface area contributed by atoms with E-state index in [1.165, 1.54) is 27.8 Å². The lowest BCUT2D eigenvalue weighted by Crippen LogP contribution is -2.42. The SMILES string of the molecule is CC.CC1=CC(=C2CCN(C(=O)CC3CCN(CC(N)=O)CC3)CC2)c2c(Br)cc(Cl)cc2CC1.CN=CCBr. The first-order chi connectivity index (χ1) is 19.2. The summed E-state index contributed by atoms with van der Waals surface area (Å²) in [5, 5.41) is 1.63. The van der Waals surface area contributed by atoms with E-state index in [1.807, 2.05) is 24.8 Å². The molecule has 1 aromatic carbocycles. The molecule has 0 radical (unpaired) electrons. The number of likely N-dealkylation sites (tertiary alicyclic amines) is 2. The number of nitrogens with two attached hydrogens (primary N) is 1. The Morgan fingerprint density at radius 3 is 2.30 bits per heavy atom. The van der Waals surface area contributed by atoms with Crippen molar-refractivity contribution in [2.45, 2.75) is 65.7 Å². The highest BCUT2D eigenvalue weighted by Crippen LogP contribution is 2.40. The van der Waals surface area contributed by atoms with E-state index >= 15 is 0 Å². The van der Waals surface area contributed by atoms with Crippen molar-refractivity contribution in [3.63, 3.8) is 0 Å². The van der Waals surface area contributed by atoms with Crippen LogP contribution in [0.1, 0.15) is 70.4 Å². The van der Waals surface area contributed by atoms with E-state index in [1.54, 1.807) is 13.3 Å². The van der Waals surface area contributed by atoms with Crippen LogP contribution in [0, 0.1) is 5.92 Å². The Bertz CT molecular complexity index is 1090. The molecular formula is C31H45Br2ClN4O2. The van der Waals surface area contributed by atoms with Crippen molar-refractivity contribution >= 4 is 67.1 Å². The summed E-state index contributed by atoms with van der Waals surface area (Å²) in [6.07, 6.45) is 10.5. The highest BCUT2D eigenvalue weighted by atomic mass is 79.9. The van der Waals surface area contributed by atoms with Crippen molar-refractivity contribution in [1.82, 2.24) is 9.80 Å². The summed E-state index contributed by atoms with van der Waals surface area (Å²) in [5.41, 5.74) is 12.0. The van der Waals surface area contributed by atoms with Gasteiger partial charge in [-0.15, -0.1) is 0 Å². The molecule has 40 heavy (non-hydrogen) atoms. The van der Waals surface area contributed by atoms with Gasteiger partial charge in [-0.1, -0.05) is 74.5 Å². The quantitative estimate of drug-likeness (QED) is 0.264. The summed E-state index contributed by atoms with van der Waals surface area (Å²) in [7, 11) is 1.75. The zero-order chi connectivity index (χ0) is 29.7. The lowest BCUT2D eigenvalue weighted by Gasteiger charge is -2.34. The summed E-state index contributed by atoms with van der Waals surface area (Å²) < 4.78 is 1.06. The third kappa shape index (κ3) is 10.7. The van der Waals surface area contributed by atoms with Crippen LogP contribution in [0.2, 0.25) is 5.02 Å². The first-order valence-corrected chi connectivity index (χ1v) is 16.6. The Labute approximate surface area is 262 Å². The zero-order valence-electron chi connectivity index (χ0n) is 24.4. The number of rotatable bonds is 5. The minimum absolute atomic E-state index is 0.272. The molecule has 0 spiro atoms. The van der Waals surface area contributed by atoms with Crippen LogP contribution in [-0.4, -0.2) is 72.9 Å². The van der Waals surface area contributed by atoms with Crippen LogP contribution in [0.3, 0.4) is 0 Å². The van der Waals surface area contributed by atoms with Crippen LogP contribution in [0.5, 0.6) is 0 Å². The fourth-order valence-electron chi connectivity index (χ4n) is 5.44. The van der Waals surface area contributed by atoms with Crippen LogP contribution >= 0.6 is 43.5 Å². The third-order valence-corrected chi connectivity index (χ3v) is 8.62. The molecular weight excluding hydrogens is 656 g/mol. The van der Waals surface area contributed by atoms with Crippen LogP contribution in [-0.2, 0) is 16.0 Å². The molecule has 2 heterocycles. The monoisotopic (exact) mass is 698 g/mol. The molecule has 1 aliphatic carbocycles. The number of carbonyl (C=O) groups is 2. The van der Waals surface area contributed by atoms with Gasteiger partial charge in [0.2, 0.25) is 11.8 Å².